The van der Waals surface area contributed by atoms with Crippen molar-refractivity contribution in [2.45, 2.75) is 0 Å². The number of anilines is 3. The highest BCUT2D eigenvalue weighted by Crippen LogP contribution is 2.24. The summed E-state index contributed by atoms with van der Waals surface area (Å²) < 4.78 is 5.78. The topological polar surface area (TPSA) is 82.6 Å². The molecule has 1 aliphatic rings. The second-order valence-corrected chi connectivity index (χ2v) is 8.66. The highest BCUT2D eigenvalue weighted by molar-refractivity contribution is 5.99. The van der Waals surface area contributed by atoms with Gasteiger partial charge in [0.15, 0.2) is 5.82 Å². The maximum absolute atomic E-state index is 12.4. The Morgan fingerprint density at radius 2 is 1.33 bits per heavy atom. The first kappa shape index (κ1) is 23.3. The molecule has 1 aliphatic heterocycles. The van der Waals surface area contributed by atoms with Crippen LogP contribution in [-0.2, 0) is 0 Å². The Labute approximate surface area is 210 Å². The lowest BCUT2D eigenvalue weighted by molar-refractivity contribution is 0.262. The van der Waals surface area contributed by atoms with E-state index in [1.165, 1.54) is 0 Å². The Bertz CT molecular complexity index is 1270. The third-order valence-electron chi connectivity index (χ3n) is 6.01. The van der Waals surface area contributed by atoms with Gasteiger partial charge in [0.05, 0.1) is 5.69 Å². The zero-order chi connectivity index (χ0) is 24.7. The molecule has 0 aliphatic carbocycles. The largest absolute Gasteiger partial charge is 0.457 e. The molecule has 0 spiro atoms. The van der Waals surface area contributed by atoms with Crippen LogP contribution in [0.25, 0.3) is 11.3 Å². The normalized spacial score (nSPS) is 13.8. The molecule has 0 unspecified atom stereocenters. The fraction of sp³-hybridized carbons (Fsp3) is 0.179. The second-order valence-electron chi connectivity index (χ2n) is 8.66. The third-order valence-corrected chi connectivity index (χ3v) is 6.01. The van der Waals surface area contributed by atoms with Crippen molar-refractivity contribution >= 4 is 23.2 Å². The molecule has 4 aromatic rings. The maximum Gasteiger partial charge on any atom is 0.323 e. The molecule has 2 heterocycles. The number of urea groups is 1. The van der Waals surface area contributed by atoms with Gasteiger partial charge < -0.3 is 25.2 Å². The van der Waals surface area contributed by atoms with Crippen LogP contribution in [0.2, 0.25) is 0 Å². The van der Waals surface area contributed by atoms with E-state index in [4.69, 9.17) is 4.74 Å². The zero-order valence-corrected chi connectivity index (χ0v) is 20.1. The van der Waals surface area contributed by atoms with Crippen LogP contribution in [0.5, 0.6) is 11.5 Å². The monoisotopic (exact) mass is 480 g/mol. The molecule has 0 saturated carbocycles. The first-order chi connectivity index (χ1) is 17.6. The number of para-hydroxylation sites is 1. The predicted octanol–water partition coefficient (Wildman–Crippen LogP) is 5.33. The van der Waals surface area contributed by atoms with Crippen LogP contribution in [-0.4, -0.2) is 54.4 Å². The molecule has 8 heteroatoms. The number of ether oxygens (including phenoxy) is 1. The summed E-state index contributed by atoms with van der Waals surface area (Å²) in [5.74, 6) is 2.36. The van der Waals surface area contributed by atoms with E-state index in [1.54, 1.807) is 12.1 Å². The van der Waals surface area contributed by atoms with Crippen LogP contribution in [0.3, 0.4) is 0 Å². The van der Waals surface area contributed by atoms with Gasteiger partial charge >= 0.3 is 6.03 Å². The van der Waals surface area contributed by atoms with Crippen molar-refractivity contribution in [3.05, 3.63) is 91.0 Å². The number of hydrogen-bond acceptors (Lipinski definition) is 6. The van der Waals surface area contributed by atoms with Crippen LogP contribution < -0.4 is 20.3 Å². The van der Waals surface area contributed by atoms with Gasteiger partial charge in [-0.3, -0.25) is 0 Å². The van der Waals surface area contributed by atoms with Gasteiger partial charge in [0.25, 0.3) is 0 Å². The summed E-state index contributed by atoms with van der Waals surface area (Å²) in [4.78, 5) is 17.0. The highest BCUT2D eigenvalue weighted by atomic mass is 16.5. The van der Waals surface area contributed by atoms with Crippen LogP contribution in [0, 0.1) is 0 Å². The number of likely N-dealkylation sites (N-methyl/N-ethyl adjacent to an activating group) is 1. The number of hydrogen-bond donors (Lipinski definition) is 2. The minimum absolute atomic E-state index is 0.323. The predicted molar refractivity (Wildman–Crippen MR) is 143 cm³/mol. The average molecular weight is 481 g/mol. The van der Waals surface area contributed by atoms with Crippen molar-refractivity contribution in [1.82, 2.24) is 15.1 Å². The number of benzene rings is 3. The van der Waals surface area contributed by atoms with Crippen LogP contribution in [0.1, 0.15) is 0 Å². The van der Waals surface area contributed by atoms with Crippen molar-refractivity contribution in [2.24, 2.45) is 0 Å². The average Bonchev–Trinajstić information content (AvgIpc) is 2.91. The molecule has 1 fully saturated rings. The number of piperazine rings is 1. The summed E-state index contributed by atoms with van der Waals surface area (Å²) in [6, 6.07) is 28.0. The molecule has 0 bridgehead atoms. The molecular weight excluding hydrogens is 452 g/mol. The smallest absolute Gasteiger partial charge is 0.323 e. The maximum atomic E-state index is 12.4. The lowest BCUT2D eigenvalue weighted by atomic mass is 10.1. The molecule has 1 aromatic heterocycles. The van der Waals surface area contributed by atoms with Crippen molar-refractivity contribution in [3.63, 3.8) is 0 Å². The third kappa shape index (κ3) is 5.97. The SMILES string of the molecule is CN1CCN(c2ccc(-c3ccc(NC(=O)Nc4ccc(Oc5ccccc5)cc4)cc3)nn2)CC1. The summed E-state index contributed by atoms with van der Waals surface area (Å²) in [6.45, 7) is 3.97. The standard InChI is InChI=1S/C28H28N6O2/c1-33-17-19-34(20-18-33)27-16-15-26(31-32-27)21-7-9-22(10-8-21)29-28(35)30-23-11-13-25(14-12-23)36-24-5-3-2-4-6-24/h2-16H,17-20H2,1H3,(H2,29,30,35). The summed E-state index contributed by atoms with van der Waals surface area (Å²) in [7, 11) is 2.13. The van der Waals surface area contributed by atoms with Gasteiger partial charge in [0.1, 0.15) is 11.5 Å². The number of nitrogens with one attached hydrogen (secondary N) is 2. The quantitative estimate of drug-likeness (QED) is 0.388. The molecule has 182 valence electrons. The van der Waals surface area contributed by atoms with Gasteiger partial charge in [0, 0.05) is 43.1 Å². The first-order valence-electron chi connectivity index (χ1n) is 11.9. The van der Waals surface area contributed by atoms with E-state index in [-0.39, 0.29) is 6.03 Å². The molecule has 8 nitrogen and oxygen atoms in total. The minimum Gasteiger partial charge on any atom is -0.457 e. The van der Waals surface area contributed by atoms with Crippen molar-refractivity contribution in [2.75, 3.05) is 48.8 Å². The fourth-order valence-corrected chi connectivity index (χ4v) is 3.93. The molecule has 2 N–H and O–H groups in total. The molecule has 3 aromatic carbocycles. The van der Waals surface area contributed by atoms with Gasteiger partial charge in [-0.05, 0) is 67.7 Å². The van der Waals surface area contributed by atoms with Gasteiger partial charge in [-0.15, -0.1) is 10.2 Å². The van der Waals surface area contributed by atoms with Crippen LogP contribution in [0.15, 0.2) is 91.0 Å². The molecular formula is C28H28N6O2. The number of nitrogens with zero attached hydrogens (tertiary/aromatic N) is 4. The van der Waals surface area contributed by atoms with Gasteiger partial charge in [-0.25, -0.2) is 4.79 Å². The number of carbonyl (C=O) groups is 1. The molecule has 0 radical (unpaired) electrons. The Hall–Kier alpha value is -4.43. The fourth-order valence-electron chi connectivity index (χ4n) is 3.93. The minimum atomic E-state index is -0.323. The van der Waals surface area contributed by atoms with Crippen LogP contribution in [0.4, 0.5) is 22.0 Å². The number of aromatic nitrogens is 2. The summed E-state index contributed by atoms with van der Waals surface area (Å²) in [5.41, 5.74) is 3.08. The molecule has 1 saturated heterocycles. The van der Waals surface area contributed by atoms with E-state index in [2.05, 4.69) is 37.7 Å². The van der Waals surface area contributed by atoms with Crippen molar-refractivity contribution in [1.29, 1.82) is 0 Å². The summed E-state index contributed by atoms with van der Waals surface area (Å²) in [5, 5.41) is 14.5. The number of amides is 2. The zero-order valence-electron chi connectivity index (χ0n) is 20.1. The van der Waals surface area contributed by atoms with Gasteiger partial charge in [-0.2, -0.15) is 0 Å². The van der Waals surface area contributed by atoms with Gasteiger partial charge in [0.2, 0.25) is 0 Å². The Morgan fingerprint density at radius 1 is 0.722 bits per heavy atom. The Kier molecular flexibility index (Phi) is 7.05. The highest BCUT2D eigenvalue weighted by Gasteiger charge is 2.15. The van der Waals surface area contributed by atoms with E-state index < -0.39 is 0 Å². The molecule has 2 amide bonds. The first-order valence-corrected chi connectivity index (χ1v) is 11.9. The van der Waals surface area contributed by atoms with Crippen molar-refractivity contribution in [3.8, 4) is 22.8 Å². The second kappa shape index (κ2) is 10.9. The van der Waals surface area contributed by atoms with Crippen molar-refractivity contribution < 1.29 is 9.53 Å². The summed E-state index contributed by atoms with van der Waals surface area (Å²) in [6.07, 6.45) is 0. The van der Waals surface area contributed by atoms with Gasteiger partial charge in [-0.1, -0.05) is 30.3 Å². The Balaban J connectivity index is 1.14. The molecule has 36 heavy (non-hydrogen) atoms. The van der Waals surface area contributed by atoms with Crippen LogP contribution >= 0.6 is 0 Å². The van der Waals surface area contributed by atoms with E-state index in [9.17, 15) is 4.79 Å². The van der Waals surface area contributed by atoms with E-state index in [0.717, 1.165) is 49.0 Å². The number of carbonyl (C=O) groups excluding carboxylic acids is 1. The molecule has 0 atom stereocenters. The lowest BCUT2D eigenvalue weighted by Gasteiger charge is -2.32. The Morgan fingerprint density at radius 3 is 1.94 bits per heavy atom. The van der Waals surface area contributed by atoms with E-state index >= 15 is 0 Å². The van der Waals surface area contributed by atoms with E-state index in [0.29, 0.717) is 17.1 Å². The number of rotatable bonds is 6. The lowest BCUT2D eigenvalue weighted by Crippen LogP contribution is -2.44. The summed E-state index contributed by atoms with van der Waals surface area (Å²) >= 11 is 0. The molecule has 5 rings (SSSR count). The van der Waals surface area contributed by atoms with E-state index in [1.807, 2.05) is 78.9 Å².